The minimum Gasteiger partial charge on any atom is -0.355 e. The molecular weight excluding hydrogens is 416 g/mol. The Morgan fingerprint density at radius 3 is 2.52 bits per heavy atom. The fourth-order valence-corrected chi connectivity index (χ4v) is 5.23. The van der Waals surface area contributed by atoms with Gasteiger partial charge in [-0.15, -0.1) is 0 Å². The van der Waals surface area contributed by atoms with E-state index in [1.807, 2.05) is 38.1 Å². The van der Waals surface area contributed by atoms with Crippen molar-refractivity contribution in [2.75, 3.05) is 13.1 Å². The summed E-state index contributed by atoms with van der Waals surface area (Å²) in [6, 6.07) is 11.6. The van der Waals surface area contributed by atoms with E-state index in [9.17, 15) is 9.59 Å². The van der Waals surface area contributed by atoms with Crippen LogP contribution in [-0.2, 0) is 11.3 Å². The van der Waals surface area contributed by atoms with Crippen molar-refractivity contribution < 1.29 is 14.1 Å². The second kappa shape index (κ2) is 8.46. The van der Waals surface area contributed by atoms with Crippen molar-refractivity contribution in [2.45, 2.75) is 39.7 Å². The fraction of sp³-hybridized carbons (Fsp3) is 0.385. The maximum atomic E-state index is 13.3. The number of carbonyl (C=O) groups excluding carboxylic acids is 2. The van der Waals surface area contributed by atoms with Gasteiger partial charge in [0.05, 0.1) is 5.92 Å². The molecule has 1 aliphatic carbocycles. The second-order valence-electron chi connectivity index (χ2n) is 9.48. The molecule has 1 aromatic carbocycles. The molecule has 1 saturated carbocycles. The molecule has 0 radical (unpaired) electrons. The van der Waals surface area contributed by atoms with Crippen molar-refractivity contribution in [2.24, 2.45) is 11.3 Å². The van der Waals surface area contributed by atoms with Gasteiger partial charge < -0.3 is 14.7 Å². The van der Waals surface area contributed by atoms with Crippen molar-refractivity contribution in [3.05, 3.63) is 71.2 Å². The summed E-state index contributed by atoms with van der Waals surface area (Å²) in [4.78, 5) is 32.1. The molecule has 7 heteroatoms. The SMILES string of the molecule is Cc1cc(C)cc(-c2cc(C(=O)N3CC(C(=O)NCc4ccncc4)C4(CCC4)C3)no2)c1. The maximum absolute atomic E-state index is 13.3. The summed E-state index contributed by atoms with van der Waals surface area (Å²) in [5.41, 5.74) is 4.33. The number of amides is 2. The molecule has 7 nitrogen and oxygen atoms in total. The van der Waals surface area contributed by atoms with E-state index in [2.05, 4.69) is 21.5 Å². The van der Waals surface area contributed by atoms with E-state index >= 15 is 0 Å². The van der Waals surface area contributed by atoms with Crippen molar-refractivity contribution in [3.63, 3.8) is 0 Å². The van der Waals surface area contributed by atoms with E-state index < -0.39 is 0 Å². The molecule has 2 aromatic heterocycles. The molecule has 170 valence electrons. The Bertz CT molecular complexity index is 1160. The second-order valence-corrected chi connectivity index (χ2v) is 9.48. The minimum absolute atomic E-state index is 0.0119. The van der Waals surface area contributed by atoms with E-state index in [0.717, 1.165) is 41.5 Å². The summed E-state index contributed by atoms with van der Waals surface area (Å²) >= 11 is 0. The van der Waals surface area contributed by atoms with Crippen LogP contribution >= 0.6 is 0 Å². The first kappa shape index (κ1) is 21.4. The Kier molecular flexibility index (Phi) is 5.48. The standard InChI is InChI=1S/C26H28N4O3/c1-17-10-18(2)12-20(11-17)23-13-22(29-33-23)25(32)30-15-21(26(16-30)6-3-7-26)24(31)28-14-19-4-8-27-9-5-19/h4-5,8-13,21H,3,6-7,14-16H2,1-2H3,(H,28,31). The van der Waals surface area contributed by atoms with Gasteiger partial charge in [0.1, 0.15) is 0 Å². The van der Waals surface area contributed by atoms with Crippen molar-refractivity contribution in [1.29, 1.82) is 0 Å². The monoisotopic (exact) mass is 444 g/mol. The Labute approximate surface area is 193 Å². The number of nitrogens with zero attached hydrogens (tertiary/aromatic N) is 3. The fourth-order valence-electron chi connectivity index (χ4n) is 5.23. The summed E-state index contributed by atoms with van der Waals surface area (Å²) in [6.07, 6.45) is 6.47. The minimum atomic E-state index is -0.206. The van der Waals surface area contributed by atoms with Gasteiger partial charge in [-0.05, 0) is 56.5 Å². The Hall–Kier alpha value is -3.48. The Morgan fingerprint density at radius 1 is 1.12 bits per heavy atom. The number of hydrogen-bond donors (Lipinski definition) is 1. The lowest BCUT2D eigenvalue weighted by Crippen LogP contribution is -2.45. The van der Waals surface area contributed by atoms with Crippen molar-refractivity contribution >= 4 is 11.8 Å². The van der Waals surface area contributed by atoms with E-state index in [4.69, 9.17) is 4.52 Å². The van der Waals surface area contributed by atoms with Crippen LogP contribution < -0.4 is 5.32 Å². The van der Waals surface area contributed by atoms with Crippen LogP contribution in [0, 0.1) is 25.2 Å². The lowest BCUT2D eigenvalue weighted by molar-refractivity contribution is -0.129. The predicted octanol–water partition coefficient (Wildman–Crippen LogP) is 3.91. The number of carbonyl (C=O) groups is 2. The number of likely N-dealkylation sites (tertiary alicyclic amines) is 1. The zero-order valence-electron chi connectivity index (χ0n) is 19.0. The molecule has 1 saturated heterocycles. The summed E-state index contributed by atoms with van der Waals surface area (Å²) < 4.78 is 5.51. The molecule has 2 fully saturated rings. The highest BCUT2D eigenvalue weighted by molar-refractivity contribution is 5.94. The summed E-state index contributed by atoms with van der Waals surface area (Å²) in [6.45, 7) is 5.52. The number of rotatable bonds is 5. The van der Waals surface area contributed by atoms with Gasteiger partial charge in [0.25, 0.3) is 5.91 Å². The van der Waals surface area contributed by atoms with E-state index in [-0.39, 0.29) is 28.8 Å². The molecule has 1 unspecified atom stereocenters. The van der Waals surface area contributed by atoms with Gasteiger partial charge in [-0.25, -0.2) is 0 Å². The lowest BCUT2D eigenvalue weighted by Gasteiger charge is -2.41. The van der Waals surface area contributed by atoms with Gasteiger partial charge >= 0.3 is 0 Å². The predicted molar refractivity (Wildman–Crippen MR) is 123 cm³/mol. The maximum Gasteiger partial charge on any atom is 0.276 e. The summed E-state index contributed by atoms with van der Waals surface area (Å²) in [5.74, 6) is 0.208. The number of benzene rings is 1. The van der Waals surface area contributed by atoms with Crippen LogP contribution in [0.5, 0.6) is 0 Å². The molecule has 3 heterocycles. The normalized spacial score (nSPS) is 18.8. The molecule has 2 aliphatic rings. The van der Waals surface area contributed by atoms with Crippen LogP contribution in [0.2, 0.25) is 0 Å². The van der Waals surface area contributed by atoms with Gasteiger partial charge in [0, 0.05) is 49.1 Å². The molecule has 2 amide bonds. The number of nitrogens with one attached hydrogen (secondary N) is 1. The average Bonchev–Trinajstić information content (AvgIpc) is 3.43. The molecule has 0 bridgehead atoms. The first-order valence-electron chi connectivity index (χ1n) is 11.4. The first-order chi connectivity index (χ1) is 15.9. The Balaban J connectivity index is 1.29. The van der Waals surface area contributed by atoms with Gasteiger partial charge in [0.15, 0.2) is 11.5 Å². The molecular formula is C26H28N4O3. The Morgan fingerprint density at radius 2 is 1.85 bits per heavy atom. The molecule has 33 heavy (non-hydrogen) atoms. The zero-order chi connectivity index (χ0) is 23.0. The molecule has 1 N–H and O–H groups in total. The highest BCUT2D eigenvalue weighted by Gasteiger charge is 2.54. The first-order valence-corrected chi connectivity index (χ1v) is 11.4. The zero-order valence-corrected chi connectivity index (χ0v) is 19.0. The van der Waals surface area contributed by atoms with Crippen molar-refractivity contribution in [3.8, 4) is 11.3 Å². The molecule has 1 atom stereocenters. The summed E-state index contributed by atoms with van der Waals surface area (Å²) in [7, 11) is 0. The van der Waals surface area contributed by atoms with E-state index in [1.165, 1.54) is 0 Å². The molecule has 1 spiro atoms. The number of aryl methyl sites for hydroxylation is 2. The van der Waals surface area contributed by atoms with E-state index in [0.29, 0.717) is 25.4 Å². The number of pyridine rings is 1. The third kappa shape index (κ3) is 4.15. The highest BCUT2D eigenvalue weighted by atomic mass is 16.5. The van der Waals surface area contributed by atoms with Gasteiger partial charge in [-0.1, -0.05) is 28.8 Å². The van der Waals surface area contributed by atoms with Crippen LogP contribution in [0.15, 0.2) is 53.3 Å². The van der Waals surface area contributed by atoms with E-state index in [1.54, 1.807) is 23.4 Å². The van der Waals surface area contributed by atoms with Crippen LogP contribution in [0.4, 0.5) is 0 Å². The van der Waals surface area contributed by atoms with Crippen LogP contribution in [0.3, 0.4) is 0 Å². The molecule has 1 aliphatic heterocycles. The van der Waals surface area contributed by atoms with Crippen molar-refractivity contribution in [1.82, 2.24) is 20.4 Å². The number of aromatic nitrogens is 2. The molecule has 5 rings (SSSR count). The van der Waals surface area contributed by atoms with Gasteiger partial charge in [-0.2, -0.15) is 0 Å². The quantitative estimate of drug-likeness (QED) is 0.645. The van der Waals surface area contributed by atoms with Crippen LogP contribution in [-0.4, -0.2) is 39.9 Å². The number of hydrogen-bond acceptors (Lipinski definition) is 5. The van der Waals surface area contributed by atoms with Crippen LogP contribution in [0.1, 0.15) is 46.4 Å². The van der Waals surface area contributed by atoms with Gasteiger partial charge in [0.2, 0.25) is 5.91 Å². The molecule has 3 aromatic rings. The topological polar surface area (TPSA) is 88.3 Å². The van der Waals surface area contributed by atoms with Gasteiger partial charge in [-0.3, -0.25) is 14.6 Å². The lowest BCUT2D eigenvalue weighted by atomic mass is 9.62. The van der Waals surface area contributed by atoms with Crippen LogP contribution in [0.25, 0.3) is 11.3 Å². The highest BCUT2D eigenvalue weighted by Crippen LogP contribution is 2.52. The third-order valence-corrected chi connectivity index (χ3v) is 7.05. The third-order valence-electron chi connectivity index (χ3n) is 7.05. The smallest absolute Gasteiger partial charge is 0.276 e. The average molecular weight is 445 g/mol. The largest absolute Gasteiger partial charge is 0.355 e. The summed E-state index contributed by atoms with van der Waals surface area (Å²) in [5, 5.41) is 7.12.